The maximum Gasteiger partial charge on any atom is 0.417 e. The smallest absolute Gasteiger partial charge is 0.417 e. The highest BCUT2D eigenvalue weighted by Gasteiger charge is 2.47. The Morgan fingerprint density at radius 2 is 1.55 bits per heavy atom. The first-order chi connectivity index (χ1) is 14.7. The Bertz CT molecular complexity index is 949. The number of hydrogen-bond donors (Lipinski definition) is 3. The van der Waals surface area contributed by atoms with Gasteiger partial charge in [-0.15, -0.1) is 0 Å². The summed E-state index contributed by atoms with van der Waals surface area (Å²) in [7, 11) is 0. The van der Waals surface area contributed by atoms with E-state index >= 15 is 0 Å². The van der Waals surface area contributed by atoms with E-state index in [4.69, 9.17) is 9.84 Å². The lowest BCUT2D eigenvalue weighted by Crippen LogP contribution is -2.55. The predicted octanol–water partition coefficient (Wildman–Crippen LogP) is 2.59. The highest BCUT2D eigenvalue weighted by Crippen LogP contribution is 2.44. The molecular formula is C20H17F3N2O6. The Hall–Kier alpha value is -3.60. The third-order valence-corrected chi connectivity index (χ3v) is 4.56. The molecule has 0 radical (unpaired) electrons. The molecule has 2 aromatic rings. The average molecular weight is 438 g/mol. The monoisotopic (exact) mass is 438 g/mol. The Kier molecular flexibility index (Phi) is 6.44. The molecule has 3 N–H and O–H groups in total. The van der Waals surface area contributed by atoms with Crippen LogP contribution < -0.4 is 10.8 Å². The van der Waals surface area contributed by atoms with E-state index in [2.05, 4.69) is 4.84 Å². The molecule has 1 aliphatic rings. The molecule has 0 saturated carbocycles. The van der Waals surface area contributed by atoms with Crippen LogP contribution in [0.5, 0.6) is 0 Å². The van der Waals surface area contributed by atoms with Crippen LogP contribution in [-0.2, 0) is 19.2 Å². The highest BCUT2D eigenvalue weighted by atomic mass is 19.4. The molecule has 0 spiro atoms. The molecule has 2 aromatic carbocycles. The van der Waals surface area contributed by atoms with Crippen molar-refractivity contribution < 1.29 is 42.2 Å². The second-order valence-corrected chi connectivity index (χ2v) is 6.59. The first-order valence-electron chi connectivity index (χ1n) is 9.00. The van der Waals surface area contributed by atoms with Crippen molar-refractivity contribution in [3.63, 3.8) is 0 Å². The summed E-state index contributed by atoms with van der Waals surface area (Å²) in [5.74, 6) is -3.68. The molecule has 3 rings (SSSR count). The van der Waals surface area contributed by atoms with Crippen molar-refractivity contribution in [2.45, 2.75) is 18.1 Å². The number of benzene rings is 2. The van der Waals surface area contributed by atoms with Crippen LogP contribution >= 0.6 is 0 Å². The molecule has 0 fully saturated rings. The van der Waals surface area contributed by atoms with Crippen molar-refractivity contribution in [3.8, 4) is 11.1 Å². The van der Waals surface area contributed by atoms with Gasteiger partial charge in [0.15, 0.2) is 6.61 Å². The number of carboxylic acids is 1. The van der Waals surface area contributed by atoms with Crippen LogP contribution in [0.3, 0.4) is 0 Å². The molecule has 11 heteroatoms. The number of halogens is 3. The van der Waals surface area contributed by atoms with Crippen LogP contribution in [0.4, 0.5) is 18.0 Å². The van der Waals surface area contributed by atoms with Crippen LogP contribution in [-0.4, -0.2) is 48.5 Å². The summed E-state index contributed by atoms with van der Waals surface area (Å²) in [6.07, 6.45) is -6.63. The number of alkyl halides is 3. The van der Waals surface area contributed by atoms with Crippen molar-refractivity contribution in [3.05, 3.63) is 59.7 Å². The summed E-state index contributed by atoms with van der Waals surface area (Å²) >= 11 is 0. The number of carbonyl (C=O) groups is 3. The van der Waals surface area contributed by atoms with Gasteiger partial charge in [-0.05, 0) is 22.3 Å². The first-order valence-corrected chi connectivity index (χ1v) is 9.00. The standard InChI is InChI=1S/C20H17F3N2O6/c21-20(22,23)17(18(28)25-31-10-16(26)27)24-19(29)30-9-15-13-7-3-1-5-11(13)12-6-2-4-8-14(12)15/h1-8,15,17H,9-10H2,(H,24,29)(H,25,28)(H,26,27). The largest absolute Gasteiger partial charge is 0.479 e. The van der Waals surface area contributed by atoms with Crippen molar-refractivity contribution in [1.29, 1.82) is 0 Å². The van der Waals surface area contributed by atoms with Crippen molar-refractivity contribution in [2.24, 2.45) is 0 Å². The lowest BCUT2D eigenvalue weighted by molar-refractivity contribution is -0.176. The zero-order valence-corrected chi connectivity index (χ0v) is 15.8. The van der Waals surface area contributed by atoms with E-state index in [1.165, 1.54) is 10.8 Å². The van der Waals surface area contributed by atoms with Crippen LogP contribution in [0.2, 0.25) is 0 Å². The van der Waals surface area contributed by atoms with Gasteiger partial charge in [-0.2, -0.15) is 13.2 Å². The third kappa shape index (κ3) is 5.12. The SMILES string of the molecule is O=C(O)CONC(=O)C(NC(=O)OCC1c2ccccc2-c2ccccc21)C(F)(F)F. The predicted molar refractivity (Wildman–Crippen MR) is 99.8 cm³/mol. The molecule has 0 heterocycles. The number of carboxylic acid groups (broad SMARTS) is 1. The van der Waals surface area contributed by atoms with Gasteiger partial charge in [-0.3, -0.25) is 9.63 Å². The number of alkyl carbamates (subject to hydrolysis) is 1. The number of carbonyl (C=O) groups excluding carboxylic acids is 2. The molecule has 1 aliphatic carbocycles. The average Bonchev–Trinajstić information content (AvgIpc) is 3.03. The topological polar surface area (TPSA) is 114 Å². The first kappa shape index (κ1) is 22.1. The summed E-state index contributed by atoms with van der Waals surface area (Å²) in [6, 6.07) is 11.8. The Morgan fingerprint density at radius 1 is 1.00 bits per heavy atom. The fraction of sp³-hybridized carbons (Fsp3) is 0.250. The molecule has 0 bridgehead atoms. The van der Waals surface area contributed by atoms with Gasteiger partial charge in [0.05, 0.1) is 0 Å². The van der Waals surface area contributed by atoms with E-state index in [-0.39, 0.29) is 12.5 Å². The van der Waals surface area contributed by atoms with Gasteiger partial charge in [-0.1, -0.05) is 48.5 Å². The Labute approximate surface area is 173 Å². The lowest BCUT2D eigenvalue weighted by Gasteiger charge is -2.21. The Balaban J connectivity index is 1.66. The molecular weight excluding hydrogens is 421 g/mol. The lowest BCUT2D eigenvalue weighted by atomic mass is 9.98. The summed E-state index contributed by atoms with van der Waals surface area (Å²) in [5, 5.41) is 9.84. The number of fused-ring (bicyclic) bond motifs is 3. The van der Waals surface area contributed by atoms with Gasteiger partial charge >= 0.3 is 18.2 Å². The molecule has 2 amide bonds. The van der Waals surface area contributed by atoms with Crippen LogP contribution in [0.15, 0.2) is 48.5 Å². The minimum absolute atomic E-state index is 0.248. The van der Waals surface area contributed by atoms with E-state index in [1.54, 1.807) is 12.1 Å². The second kappa shape index (κ2) is 9.04. The molecule has 164 valence electrons. The van der Waals surface area contributed by atoms with Crippen LogP contribution in [0.1, 0.15) is 17.0 Å². The number of hydrogen-bond acceptors (Lipinski definition) is 5. The van der Waals surface area contributed by atoms with E-state index in [1.807, 2.05) is 36.4 Å². The van der Waals surface area contributed by atoms with Crippen molar-refractivity contribution in [1.82, 2.24) is 10.8 Å². The number of rotatable bonds is 7. The van der Waals surface area contributed by atoms with Gasteiger partial charge in [-0.25, -0.2) is 15.1 Å². The zero-order chi connectivity index (χ0) is 22.6. The van der Waals surface area contributed by atoms with Gasteiger partial charge < -0.3 is 15.2 Å². The number of ether oxygens (including phenoxy) is 1. The number of hydroxylamine groups is 1. The van der Waals surface area contributed by atoms with Crippen molar-refractivity contribution >= 4 is 18.0 Å². The molecule has 8 nitrogen and oxygen atoms in total. The maximum atomic E-state index is 13.1. The molecule has 0 aliphatic heterocycles. The number of amides is 2. The molecule has 0 saturated heterocycles. The molecule has 1 atom stereocenters. The van der Waals surface area contributed by atoms with E-state index in [9.17, 15) is 27.6 Å². The molecule has 31 heavy (non-hydrogen) atoms. The summed E-state index contributed by atoms with van der Waals surface area (Å²) < 4.78 is 44.4. The van der Waals surface area contributed by atoms with Crippen LogP contribution in [0, 0.1) is 0 Å². The molecule has 1 unspecified atom stereocenters. The summed E-state index contributed by atoms with van der Waals surface area (Å²) in [5.41, 5.74) is 4.95. The number of nitrogens with one attached hydrogen (secondary N) is 2. The fourth-order valence-electron chi connectivity index (χ4n) is 3.28. The normalized spacial score (nSPS) is 13.6. The van der Waals surface area contributed by atoms with Gasteiger partial charge in [0.1, 0.15) is 6.61 Å². The van der Waals surface area contributed by atoms with Crippen LogP contribution in [0.25, 0.3) is 11.1 Å². The molecule has 0 aromatic heterocycles. The van der Waals surface area contributed by atoms with Gasteiger partial charge in [0.25, 0.3) is 5.91 Å². The van der Waals surface area contributed by atoms with E-state index in [0.29, 0.717) is 0 Å². The van der Waals surface area contributed by atoms with Crippen molar-refractivity contribution in [2.75, 3.05) is 13.2 Å². The second-order valence-electron chi connectivity index (χ2n) is 6.59. The van der Waals surface area contributed by atoms with E-state index in [0.717, 1.165) is 22.3 Å². The summed E-state index contributed by atoms with van der Waals surface area (Å²) in [6.45, 7) is -1.30. The summed E-state index contributed by atoms with van der Waals surface area (Å²) in [4.78, 5) is 38.2. The minimum atomic E-state index is -5.16. The minimum Gasteiger partial charge on any atom is -0.479 e. The highest BCUT2D eigenvalue weighted by molar-refractivity contribution is 5.86. The zero-order valence-electron chi connectivity index (χ0n) is 15.8. The van der Waals surface area contributed by atoms with E-state index < -0.39 is 36.8 Å². The number of aliphatic carboxylic acids is 1. The Morgan fingerprint density at radius 3 is 2.06 bits per heavy atom. The van der Waals surface area contributed by atoms with Gasteiger partial charge in [0.2, 0.25) is 6.04 Å². The fourth-order valence-corrected chi connectivity index (χ4v) is 3.28. The van der Waals surface area contributed by atoms with Gasteiger partial charge in [0, 0.05) is 5.92 Å². The quantitative estimate of drug-likeness (QED) is 0.573. The third-order valence-electron chi connectivity index (χ3n) is 4.56. The maximum absolute atomic E-state index is 13.1.